The summed E-state index contributed by atoms with van der Waals surface area (Å²) in [6, 6.07) is 9.49. The molecule has 4 nitrogen and oxygen atoms in total. The molecule has 4 heteroatoms. The van der Waals surface area contributed by atoms with Crippen molar-refractivity contribution in [2.24, 2.45) is 0 Å². The first-order chi connectivity index (χ1) is 8.71. The fraction of sp³-hybridized carbons (Fsp3) is 0.500. The summed E-state index contributed by atoms with van der Waals surface area (Å²) in [5.41, 5.74) is 1.11. The van der Waals surface area contributed by atoms with E-state index in [-0.39, 0.29) is 18.7 Å². The molecular weight excluding hydrogens is 228 g/mol. The third kappa shape index (κ3) is 4.37. The first-order valence-corrected chi connectivity index (χ1v) is 6.41. The molecule has 0 fully saturated rings. The van der Waals surface area contributed by atoms with Crippen LogP contribution < -0.4 is 5.32 Å². The molecule has 0 aliphatic carbocycles. The van der Waals surface area contributed by atoms with Crippen molar-refractivity contribution in [1.29, 1.82) is 0 Å². The van der Waals surface area contributed by atoms with Crippen molar-refractivity contribution < 1.29 is 9.90 Å². The molecule has 0 spiro atoms. The Bertz CT molecular complexity index is 350. The Labute approximate surface area is 109 Å². The Kier molecular flexibility index (Phi) is 6.22. The van der Waals surface area contributed by atoms with Gasteiger partial charge in [0.25, 0.3) is 0 Å². The minimum absolute atomic E-state index is 0.0537. The number of nitrogens with one attached hydrogen (secondary N) is 1. The average molecular weight is 250 g/mol. The van der Waals surface area contributed by atoms with Gasteiger partial charge in [0.05, 0.1) is 12.6 Å². The monoisotopic (exact) mass is 250 g/mol. The summed E-state index contributed by atoms with van der Waals surface area (Å²) in [5, 5.41) is 12.2. The molecule has 1 unspecified atom stereocenters. The predicted octanol–water partition coefficient (Wildman–Crippen LogP) is 1.64. The zero-order chi connectivity index (χ0) is 13.4. The standard InChI is InChI=1S/C14H22N2O2/c1-3-16(4-2)14(18)15-13(11-17)10-12-8-6-5-7-9-12/h5-9,13,17H,3-4,10-11H2,1-2H3,(H,15,18). The van der Waals surface area contributed by atoms with Gasteiger partial charge in [-0.15, -0.1) is 0 Å². The zero-order valence-electron chi connectivity index (χ0n) is 11.1. The number of rotatable bonds is 6. The largest absolute Gasteiger partial charge is 0.394 e. The van der Waals surface area contributed by atoms with E-state index in [4.69, 9.17) is 0 Å². The maximum atomic E-state index is 11.9. The lowest BCUT2D eigenvalue weighted by Crippen LogP contribution is -2.46. The highest BCUT2D eigenvalue weighted by Crippen LogP contribution is 2.03. The van der Waals surface area contributed by atoms with Gasteiger partial charge in [-0.05, 0) is 25.8 Å². The second-order valence-electron chi connectivity index (χ2n) is 4.19. The number of hydrogen-bond donors (Lipinski definition) is 2. The van der Waals surface area contributed by atoms with Crippen LogP contribution in [0.3, 0.4) is 0 Å². The van der Waals surface area contributed by atoms with Crippen LogP contribution in [0.15, 0.2) is 30.3 Å². The summed E-state index contributed by atoms with van der Waals surface area (Å²) in [5.74, 6) is 0. The molecule has 2 amide bonds. The fourth-order valence-corrected chi connectivity index (χ4v) is 1.84. The molecular formula is C14H22N2O2. The number of nitrogens with zero attached hydrogens (tertiary/aromatic N) is 1. The molecule has 100 valence electrons. The van der Waals surface area contributed by atoms with Gasteiger partial charge in [0, 0.05) is 13.1 Å². The van der Waals surface area contributed by atoms with Crippen molar-refractivity contribution in [2.45, 2.75) is 26.3 Å². The number of urea groups is 1. The van der Waals surface area contributed by atoms with Crippen LogP contribution in [-0.2, 0) is 6.42 Å². The molecule has 0 heterocycles. The predicted molar refractivity (Wildman–Crippen MR) is 72.5 cm³/mol. The van der Waals surface area contributed by atoms with Crippen LogP contribution in [0.2, 0.25) is 0 Å². The molecule has 0 radical (unpaired) electrons. The topological polar surface area (TPSA) is 52.6 Å². The number of benzene rings is 1. The zero-order valence-corrected chi connectivity index (χ0v) is 11.1. The SMILES string of the molecule is CCN(CC)C(=O)NC(CO)Cc1ccccc1. The van der Waals surface area contributed by atoms with Crippen LogP contribution in [0.1, 0.15) is 19.4 Å². The van der Waals surface area contributed by atoms with Crippen LogP contribution in [0.4, 0.5) is 4.79 Å². The number of carbonyl (C=O) groups is 1. The van der Waals surface area contributed by atoms with E-state index < -0.39 is 0 Å². The maximum Gasteiger partial charge on any atom is 0.317 e. The van der Waals surface area contributed by atoms with E-state index in [1.54, 1.807) is 4.90 Å². The van der Waals surface area contributed by atoms with E-state index in [2.05, 4.69) is 5.32 Å². The molecule has 2 N–H and O–H groups in total. The summed E-state index contributed by atoms with van der Waals surface area (Å²) in [7, 11) is 0. The van der Waals surface area contributed by atoms with E-state index in [0.29, 0.717) is 19.5 Å². The first-order valence-electron chi connectivity index (χ1n) is 6.41. The molecule has 0 saturated heterocycles. The summed E-state index contributed by atoms with van der Waals surface area (Å²) < 4.78 is 0. The summed E-state index contributed by atoms with van der Waals surface area (Å²) in [6.07, 6.45) is 0.643. The van der Waals surface area contributed by atoms with E-state index in [1.165, 1.54) is 0 Å². The Hall–Kier alpha value is -1.55. The Balaban J connectivity index is 2.54. The summed E-state index contributed by atoms with van der Waals surface area (Å²) in [6.45, 7) is 5.17. The molecule has 1 rings (SSSR count). The number of amides is 2. The Morgan fingerprint density at radius 3 is 2.39 bits per heavy atom. The Morgan fingerprint density at radius 1 is 1.28 bits per heavy atom. The lowest BCUT2D eigenvalue weighted by atomic mass is 10.1. The van der Waals surface area contributed by atoms with Crippen molar-refractivity contribution in [2.75, 3.05) is 19.7 Å². The third-order valence-corrected chi connectivity index (χ3v) is 2.92. The Morgan fingerprint density at radius 2 is 1.89 bits per heavy atom. The molecule has 0 bridgehead atoms. The van der Waals surface area contributed by atoms with Gasteiger partial charge in [0.1, 0.15) is 0 Å². The van der Waals surface area contributed by atoms with Gasteiger partial charge in [-0.3, -0.25) is 0 Å². The molecule has 1 aromatic carbocycles. The van der Waals surface area contributed by atoms with Crippen LogP contribution in [0.5, 0.6) is 0 Å². The normalized spacial score (nSPS) is 11.9. The minimum atomic E-state index is -0.236. The van der Waals surface area contributed by atoms with Gasteiger partial charge in [-0.25, -0.2) is 4.79 Å². The van der Waals surface area contributed by atoms with Crippen molar-refractivity contribution in [3.8, 4) is 0 Å². The van der Waals surface area contributed by atoms with Gasteiger partial charge < -0.3 is 15.3 Å². The number of aliphatic hydroxyl groups is 1. The number of aliphatic hydroxyl groups excluding tert-OH is 1. The smallest absolute Gasteiger partial charge is 0.317 e. The highest BCUT2D eigenvalue weighted by atomic mass is 16.3. The fourth-order valence-electron chi connectivity index (χ4n) is 1.84. The molecule has 1 aromatic rings. The lowest BCUT2D eigenvalue weighted by Gasteiger charge is -2.23. The van der Waals surface area contributed by atoms with Crippen molar-refractivity contribution in [1.82, 2.24) is 10.2 Å². The molecule has 0 aromatic heterocycles. The summed E-state index contributed by atoms with van der Waals surface area (Å²) >= 11 is 0. The number of hydrogen-bond acceptors (Lipinski definition) is 2. The van der Waals surface area contributed by atoms with Crippen LogP contribution in [0, 0.1) is 0 Å². The molecule has 1 atom stereocenters. The quantitative estimate of drug-likeness (QED) is 0.806. The van der Waals surface area contributed by atoms with Crippen LogP contribution in [0.25, 0.3) is 0 Å². The van der Waals surface area contributed by atoms with E-state index >= 15 is 0 Å². The second kappa shape index (κ2) is 7.71. The van der Waals surface area contributed by atoms with Gasteiger partial charge in [0.15, 0.2) is 0 Å². The first kappa shape index (κ1) is 14.5. The lowest BCUT2D eigenvalue weighted by molar-refractivity contribution is 0.186. The van der Waals surface area contributed by atoms with Gasteiger partial charge in [-0.2, -0.15) is 0 Å². The van der Waals surface area contributed by atoms with Gasteiger partial charge in [-0.1, -0.05) is 30.3 Å². The summed E-state index contributed by atoms with van der Waals surface area (Å²) in [4.78, 5) is 13.6. The number of carbonyl (C=O) groups excluding carboxylic acids is 1. The van der Waals surface area contributed by atoms with Crippen molar-refractivity contribution in [3.05, 3.63) is 35.9 Å². The molecule has 18 heavy (non-hydrogen) atoms. The van der Waals surface area contributed by atoms with Crippen LogP contribution >= 0.6 is 0 Å². The van der Waals surface area contributed by atoms with Crippen LogP contribution in [-0.4, -0.2) is 41.8 Å². The van der Waals surface area contributed by atoms with Crippen molar-refractivity contribution in [3.63, 3.8) is 0 Å². The highest BCUT2D eigenvalue weighted by molar-refractivity contribution is 5.74. The molecule has 0 aliphatic heterocycles. The van der Waals surface area contributed by atoms with Gasteiger partial charge >= 0.3 is 6.03 Å². The minimum Gasteiger partial charge on any atom is -0.394 e. The van der Waals surface area contributed by atoms with E-state index in [0.717, 1.165) is 5.56 Å². The molecule has 0 aliphatic rings. The third-order valence-electron chi connectivity index (χ3n) is 2.92. The van der Waals surface area contributed by atoms with Crippen molar-refractivity contribution >= 4 is 6.03 Å². The van der Waals surface area contributed by atoms with E-state index in [9.17, 15) is 9.90 Å². The highest BCUT2D eigenvalue weighted by Gasteiger charge is 2.15. The maximum absolute atomic E-state index is 11.9. The second-order valence-corrected chi connectivity index (χ2v) is 4.19. The molecule has 0 saturated carbocycles. The van der Waals surface area contributed by atoms with Gasteiger partial charge in [0.2, 0.25) is 0 Å². The van der Waals surface area contributed by atoms with E-state index in [1.807, 2.05) is 44.2 Å². The average Bonchev–Trinajstić information content (AvgIpc) is 2.40.